The third kappa shape index (κ3) is 4.29. The van der Waals surface area contributed by atoms with Crippen molar-refractivity contribution in [3.63, 3.8) is 0 Å². The number of carbonyl (C=O) groups excluding carboxylic acids is 2. The summed E-state index contributed by atoms with van der Waals surface area (Å²) in [6.07, 6.45) is 3.32. The van der Waals surface area contributed by atoms with E-state index in [1.807, 2.05) is 5.32 Å². The van der Waals surface area contributed by atoms with Gasteiger partial charge >= 0.3 is 6.03 Å². The van der Waals surface area contributed by atoms with E-state index in [2.05, 4.69) is 19.2 Å². The Kier molecular flexibility index (Phi) is 3.68. The number of carbonyl (C=O) groups is 2. The van der Waals surface area contributed by atoms with Crippen molar-refractivity contribution in [3.05, 3.63) is 0 Å². The molecule has 4 N–H and O–H groups in total. The van der Waals surface area contributed by atoms with Gasteiger partial charge in [0.15, 0.2) is 0 Å². The van der Waals surface area contributed by atoms with Crippen LogP contribution in [0.5, 0.6) is 0 Å². The minimum Gasteiger partial charge on any atom is -0.351 e. The lowest BCUT2D eigenvalue weighted by Crippen LogP contribution is -2.43. The predicted octanol–water partition coefficient (Wildman–Crippen LogP) is 0.350. The summed E-state index contributed by atoms with van der Waals surface area (Å²) in [5.41, 5.74) is 5.18. The van der Waals surface area contributed by atoms with E-state index in [0.29, 0.717) is 11.5 Å². The molecule has 1 aliphatic rings. The Morgan fingerprint density at radius 2 is 2.13 bits per heavy atom. The molecule has 0 spiro atoms. The maximum atomic E-state index is 11.1. The molecule has 0 radical (unpaired) electrons. The second-order valence-electron chi connectivity index (χ2n) is 4.90. The van der Waals surface area contributed by atoms with Crippen LogP contribution in [-0.2, 0) is 4.79 Å². The Morgan fingerprint density at radius 3 is 2.60 bits per heavy atom. The zero-order valence-corrected chi connectivity index (χ0v) is 9.30. The van der Waals surface area contributed by atoms with Crippen LogP contribution in [0.25, 0.3) is 0 Å². The molecule has 1 rings (SSSR count). The molecule has 0 heterocycles. The molecular weight excluding hydrogens is 194 g/mol. The van der Waals surface area contributed by atoms with Gasteiger partial charge in [-0.1, -0.05) is 13.8 Å². The lowest BCUT2D eigenvalue weighted by Gasteiger charge is -2.17. The molecular formula is C10H19N3O2. The summed E-state index contributed by atoms with van der Waals surface area (Å²) < 4.78 is 0. The maximum absolute atomic E-state index is 11.1. The van der Waals surface area contributed by atoms with E-state index < -0.39 is 6.03 Å². The average molecular weight is 213 g/mol. The topological polar surface area (TPSA) is 84.2 Å². The highest BCUT2D eigenvalue weighted by Gasteiger charge is 2.30. The highest BCUT2D eigenvalue weighted by Crippen LogP contribution is 2.36. The number of hydrogen-bond acceptors (Lipinski definition) is 3. The SMILES string of the molecule is CC1(C)CCC(NCC(=O)NC(N)=O)C1. The van der Waals surface area contributed by atoms with E-state index in [1.165, 1.54) is 6.42 Å². The van der Waals surface area contributed by atoms with Gasteiger partial charge in [0.25, 0.3) is 0 Å². The predicted molar refractivity (Wildman–Crippen MR) is 57.1 cm³/mol. The molecule has 0 aromatic rings. The van der Waals surface area contributed by atoms with Crippen molar-refractivity contribution in [1.82, 2.24) is 10.6 Å². The van der Waals surface area contributed by atoms with Crippen LogP contribution in [0.2, 0.25) is 0 Å². The van der Waals surface area contributed by atoms with Crippen LogP contribution in [-0.4, -0.2) is 24.5 Å². The minimum atomic E-state index is -0.798. The van der Waals surface area contributed by atoms with Crippen molar-refractivity contribution in [2.45, 2.75) is 39.2 Å². The van der Waals surface area contributed by atoms with Crippen molar-refractivity contribution < 1.29 is 9.59 Å². The van der Waals surface area contributed by atoms with Crippen molar-refractivity contribution in [2.24, 2.45) is 11.1 Å². The molecule has 15 heavy (non-hydrogen) atoms. The summed E-state index contributed by atoms with van der Waals surface area (Å²) in [4.78, 5) is 21.5. The molecule has 5 heteroatoms. The van der Waals surface area contributed by atoms with Crippen molar-refractivity contribution in [1.29, 1.82) is 0 Å². The van der Waals surface area contributed by atoms with Gasteiger partial charge in [0.05, 0.1) is 6.54 Å². The highest BCUT2D eigenvalue weighted by atomic mass is 16.2. The molecule has 1 atom stereocenters. The first kappa shape index (κ1) is 12.0. The first-order chi connectivity index (χ1) is 6.89. The van der Waals surface area contributed by atoms with E-state index in [1.54, 1.807) is 0 Å². The highest BCUT2D eigenvalue weighted by molar-refractivity contribution is 5.94. The van der Waals surface area contributed by atoms with Crippen LogP contribution < -0.4 is 16.4 Å². The third-order valence-electron chi connectivity index (χ3n) is 2.78. The molecule has 5 nitrogen and oxygen atoms in total. The Labute approximate surface area is 89.8 Å². The van der Waals surface area contributed by atoms with Crippen LogP contribution in [0.4, 0.5) is 4.79 Å². The molecule has 86 valence electrons. The van der Waals surface area contributed by atoms with Gasteiger partial charge in [-0.3, -0.25) is 10.1 Å². The summed E-state index contributed by atoms with van der Waals surface area (Å²) in [5.74, 6) is -0.368. The van der Waals surface area contributed by atoms with Crippen molar-refractivity contribution >= 4 is 11.9 Å². The summed E-state index contributed by atoms with van der Waals surface area (Å²) in [5, 5.41) is 5.15. The number of hydrogen-bond donors (Lipinski definition) is 3. The van der Waals surface area contributed by atoms with E-state index in [9.17, 15) is 9.59 Å². The summed E-state index contributed by atoms with van der Waals surface area (Å²) in [7, 11) is 0. The van der Waals surface area contributed by atoms with Crippen LogP contribution >= 0.6 is 0 Å². The van der Waals surface area contributed by atoms with Gasteiger partial charge in [0, 0.05) is 6.04 Å². The van der Waals surface area contributed by atoms with E-state index in [0.717, 1.165) is 12.8 Å². The Balaban J connectivity index is 2.21. The minimum absolute atomic E-state index is 0.156. The van der Waals surface area contributed by atoms with Gasteiger partial charge in [-0.15, -0.1) is 0 Å². The number of primary amides is 1. The number of nitrogens with one attached hydrogen (secondary N) is 2. The molecule has 1 fully saturated rings. The summed E-state index contributed by atoms with van der Waals surface area (Å²) in [6.45, 7) is 4.60. The summed E-state index contributed by atoms with van der Waals surface area (Å²) >= 11 is 0. The Hall–Kier alpha value is -1.10. The molecule has 0 aromatic carbocycles. The van der Waals surface area contributed by atoms with Crippen LogP contribution in [0, 0.1) is 5.41 Å². The Morgan fingerprint density at radius 1 is 1.47 bits per heavy atom. The fourth-order valence-electron chi connectivity index (χ4n) is 2.03. The second-order valence-corrected chi connectivity index (χ2v) is 4.90. The zero-order chi connectivity index (χ0) is 11.5. The number of urea groups is 1. The summed E-state index contributed by atoms with van der Waals surface area (Å²) in [6, 6.07) is -0.424. The van der Waals surface area contributed by atoms with Gasteiger partial charge < -0.3 is 11.1 Å². The van der Waals surface area contributed by atoms with Gasteiger partial charge in [-0.05, 0) is 24.7 Å². The lowest BCUT2D eigenvalue weighted by atomic mass is 9.92. The van der Waals surface area contributed by atoms with Crippen molar-refractivity contribution in [3.8, 4) is 0 Å². The van der Waals surface area contributed by atoms with E-state index >= 15 is 0 Å². The van der Waals surface area contributed by atoms with Gasteiger partial charge in [0.1, 0.15) is 0 Å². The lowest BCUT2D eigenvalue weighted by molar-refractivity contribution is -0.119. The molecule has 0 saturated heterocycles. The zero-order valence-electron chi connectivity index (χ0n) is 9.30. The fraction of sp³-hybridized carbons (Fsp3) is 0.800. The molecule has 1 unspecified atom stereocenters. The molecule has 3 amide bonds. The third-order valence-corrected chi connectivity index (χ3v) is 2.78. The van der Waals surface area contributed by atoms with Gasteiger partial charge in [-0.25, -0.2) is 4.79 Å². The van der Waals surface area contributed by atoms with Crippen LogP contribution in [0.3, 0.4) is 0 Å². The normalized spacial score (nSPS) is 23.7. The molecule has 1 saturated carbocycles. The standard InChI is InChI=1S/C10H19N3O2/c1-10(2)4-3-7(5-10)12-6-8(14)13-9(11)15/h7,12H,3-6H2,1-2H3,(H3,11,13,14,15). The maximum Gasteiger partial charge on any atom is 0.318 e. The number of imide groups is 1. The molecule has 0 aliphatic heterocycles. The quantitative estimate of drug-likeness (QED) is 0.632. The van der Waals surface area contributed by atoms with Crippen LogP contribution in [0.15, 0.2) is 0 Å². The monoisotopic (exact) mass is 213 g/mol. The average Bonchev–Trinajstić information content (AvgIpc) is 2.41. The van der Waals surface area contributed by atoms with Gasteiger partial charge in [0.2, 0.25) is 5.91 Å². The first-order valence-corrected chi connectivity index (χ1v) is 5.22. The number of amides is 3. The van der Waals surface area contributed by atoms with E-state index in [-0.39, 0.29) is 12.5 Å². The fourth-order valence-corrected chi connectivity index (χ4v) is 2.03. The molecule has 1 aliphatic carbocycles. The van der Waals surface area contributed by atoms with Gasteiger partial charge in [-0.2, -0.15) is 0 Å². The van der Waals surface area contributed by atoms with Crippen LogP contribution in [0.1, 0.15) is 33.1 Å². The second kappa shape index (κ2) is 4.61. The molecule has 0 aromatic heterocycles. The largest absolute Gasteiger partial charge is 0.351 e. The number of rotatable bonds is 3. The number of nitrogens with two attached hydrogens (primary N) is 1. The molecule has 0 bridgehead atoms. The van der Waals surface area contributed by atoms with Crippen molar-refractivity contribution in [2.75, 3.05) is 6.54 Å². The first-order valence-electron chi connectivity index (χ1n) is 5.22. The Bertz CT molecular complexity index is 263. The van der Waals surface area contributed by atoms with E-state index in [4.69, 9.17) is 5.73 Å². The smallest absolute Gasteiger partial charge is 0.318 e.